The molecule has 0 aliphatic rings. The third-order valence-electron chi connectivity index (χ3n) is 5.26. The molecule has 8 rings (SSSR count). The van der Waals surface area contributed by atoms with Crippen LogP contribution >= 0.6 is 90.7 Å². The average molecular weight is 593 g/mol. The molecule has 0 saturated carbocycles. The van der Waals surface area contributed by atoms with E-state index in [4.69, 9.17) is 0 Å². The van der Waals surface area contributed by atoms with Crippen LogP contribution in [0.4, 0.5) is 8.78 Å². The quantitative estimate of drug-likeness (QED) is 0.204. The van der Waals surface area contributed by atoms with Crippen LogP contribution in [0.1, 0.15) is 0 Å². The normalized spacial score (nSPS) is 12.4. The molecular formula is C22H6F2N2S8. The van der Waals surface area contributed by atoms with Crippen molar-refractivity contribution in [2.24, 2.45) is 0 Å². The van der Waals surface area contributed by atoms with Crippen LogP contribution in [-0.4, -0.2) is 9.97 Å². The van der Waals surface area contributed by atoms with Crippen molar-refractivity contribution in [1.29, 1.82) is 0 Å². The molecule has 8 aromatic heterocycles. The van der Waals surface area contributed by atoms with Gasteiger partial charge in [0.05, 0.1) is 47.7 Å². The second kappa shape index (κ2) is 7.43. The summed E-state index contributed by atoms with van der Waals surface area (Å²) in [5, 5.41) is 1.69. The Balaban J connectivity index is 1.14. The van der Waals surface area contributed by atoms with Gasteiger partial charge in [-0.05, 0) is 12.1 Å². The highest BCUT2D eigenvalue weighted by Gasteiger charge is 2.19. The molecule has 0 unspecified atom stereocenters. The average Bonchev–Trinajstić information content (AvgIpc) is 3.59. The Morgan fingerprint density at radius 1 is 0.441 bits per heavy atom. The standard InChI is InChI=1S/C22H6F2N2S8/c23-15-3-9-19(33-15)17-7(27-9)1-11(29-17)21-25-5-13(31-21)14-6-26-22(32-14)12-2-8-18(30-12)20-10(28-8)4-16(24)34-20/h1-6H. The number of hydrogen-bond acceptors (Lipinski definition) is 10. The number of thiophene rings is 6. The molecule has 34 heavy (non-hydrogen) atoms. The number of aromatic nitrogens is 2. The van der Waals surface area contributed by atoms with Crippen LogP contribution in [0.15, 0.2) is 36.7 Å². The Labute approximate surface area is 221 Å². The third-order valence-corrected chi connectivity index (χ3v) is 14.9. The second-order valence-corrected chi connectivity index (χ2v) is 15.7. The van der Waals surface area contributed by atoms with Gasteiger partial charge in [-0.3, -0.25) is 0 Å². The summed E-state index contributed by atoms with van der Waals surface area (Å²) < 4.78 is 36.1. The van der Waals surface area contributed by atoms with Gasteiger partial charge in [0.2, 0.25) is 0 Å². The minimum atomic E-state index is -0.131. The summed E-state index contributed by atoms with van der Waals surface area (Å²) in [5.74, 6) is 0. The molecule has 2 nitrogen and oxygen atoms in total. The first-order chi connectivity index (χ1) is 16.6. The van der Waals surface area contributed by atoms with Crippen LogP contribution in [0.25, 0.3) is 67.1 Å². The topological polar surface area (TPSA) is 25.8 Å². The van der Waals surface area contributed by atoms with Crippen LogP contribution in [0.3, 0.4) is 0 Å². The predicted molar refractivity (Wildman–Crippen MR) is 151 cm³/mol. The molecule has 0 saturated heterocycles. The Morgan fingerprint density at radius 2 is 0.853 bits per heavy atom. The zero-order valence-electron chi connectivity index (χ0n) is 16.4. The monoisotopic (exact) mass is 592 g/mol. The number of nitrogens with zero attached hydrogens (tertiary/aromatic N) is 2. The Kier molecular flexibility index (Phi) is 4.49. The second-order valence-electron chi connectivity index (χ2n) is 7.36. The van der Waals surface area contributed by atoms with Crippen LogP contribution in [0.5, 0.6) is 0 Å². The van der Waals surface area contributed by atoms with Gasteiger partial charge in [0.1, 0.15) is 10.0 Å². The number of rotatable bonds is 3. The van der Waals surface area contributed by atoms with Gasteiger partial charge in [-0.2, -0.15) is 8.78 Å². The van der Waals surface area contributed by atoms with Gasteiger partial charge in [-0.15, -0.1) is 90.7 Å². The van der Waals surface area contributed by atoms with E-state index < -0.39 is 0 Å². The molecule has 0 aliphatic heterocycles. The first kappa shape index (κ1) is 20.5. The molecule has 0 N–H and O–H groups in total. The molecule has 12 heteroatoms. The molecular weight excluding hydrogens is 587 g/mol. The molecule has 166 valence electrons. The van der Waals surface area contributed by atoms with Crippen molar-refractivity contribution in [2.45, 2.75) is 0 Å². The third kappa shape index (κ3) is 3.07. The maximum absolute atomic E-state index is 13.6. The summed E-state index contributed by atoms with van der Waals surface area (Å²) in [5.41, 5.74) is 0. The van der Waals surface area contributed by atoms with Crippen molar-refractivity contribution in [3.05, 3.63) is 46.9 Å². The maximum Gasteiger partial charge on any atom is 0.178 e. The minimum absolute atomic E-state index is 0.131. The maximum atomic E-state index is 13.6. The van der Waals surface area contributed by atoms with Crippen molar-refractivity contribution in [3.63, 3.8) is 0 Å². The fourth-order valence-electron chi connectivity index (χ4n) is 3.83. The number of halogens is 2. The fraction of sp³-hybridized carbons (Fsp3) is 0. The highest BCUT2D eigenvalue weighted by Crippen LogP contribution is 2.49. The zero-order chi connectivity index (χ0) is 22.6. The largest absolute Gasteiger partial charge is 0.243 e. The van der Waals surface area contributed by atoms with E-state index in [-0.39, 0.29) is 10.3 Å². The predicted octanol–water partition coefficient (Wildman–Crippen LogP) is 10.9. The lowest BCUT2D eigenvalue weighted by Gasteiger charge is -1.89. The summed E-state index contributed by atoms with van der Waals surface area (Å²) in [4.78, 5) is 13.8. The smallest absolute Gasteiger partial charge is 0.178 e. The molecule has 0 spiro atoms. The molecule has 0 aliphatic carbocycles. The lowest BCUT2D eigenvalue weighted by atomic mass is 10.4. The summed E-state index contributed by atoms with van der Waals surface area (Å²) in [6.07, 6.45) is 3.83. The summed E-state index contributed by atoms with van der Waals surface area (Å²) in [6, 6.07) is 7.59. The number of hydrogen-bond donors (Lipinski definition) is 0. The van der Waals surface area contributed by atoms with E-state index in [0.29, 0.717) is 0 Å². The van der Waals surface area contributed by atoms with Crippen LogP contribution in [0, 0.1) is 10.3 Å². The van der Waals surface area contributed by atoms with Gasteiger partial charge < -0.3 is 0 Å². The van der Waals surface area contributed by atoms with E-state index in [1.165, 1.54) is 32.1 Å². The Hall–Kier alpha value is -1.64. The van der Waals surface area contributed by atoms with Crippen molar-refractivity contribution in [1.82, 2.24) is 9.97 Å². The Bertz CT molecular complexity index is 1870. The van der Waals surface area contributed by atoms with Gasteiger partial charge in [-0.1, -0.05) is 0 Å². The van der Waals surface area contributed by atoms with Crippen molar-refractivity contribution < 1.29 is 8.78 Å². The van der Waals surface area contributed by atoms with E-state index in [1.54, 1.807) is 80.2 Å². The molecule has 0 atom stereocenters. The molecule has 0 radical (unpaired) electrons. The van der Waals surface area contributed by atoms with Crippen molar-refractivity contribution >= 4 is 128 Å². The molecule has 0 amide bonds. The van der Waals surface area contributed by atoms with Gasteiger partial charge in [0.25, 0.3) is 0 Å². The lowest BCUT2D eigenvalue weighted by molar-refractivity contribution is 0.658. The highest BCUT2D eigenvalue weighted by molar-refractivity contribution is 7.40. The first-order valence-electron chi connectivity index (χ1n) is 9.74. The summed E-state index contributed by atoms with van der Waals surface area (Å²) in [7, 11) is 0. The number of fused-ring (bicyclic) bond motifs is 6. The molecule has 0 fully saturated rings. The molecule has 8 heterocycles. The molecule has 0 bridgehead atoms. The SMILES string of the molecule is Fc1cc2sc3cc(-c4ncc(-c5cnc(-c6cc7sc8cc(F)sc8c7s6)s5)s4)sc3c2s1. The lowest BCUT2D eigenvalue weighted by Crippen LogP contribution is -1.64. The summed E-state index contributed by atoms with van der Waals surface area (Å²) in [6.45, 7) is 0. The Morgan fingerprint density at radius 3 is 1.32 bits per heavy atom. The van der Waals surface area contributed by atoms with E-state index in [1.807, 2.05) is 12.4 Å². The fourth-order valence-corrected chi connectivity index (χ4v) is 13.3. The van der Waals surface area contributed by atoms with E-state index in [0.717, 1.165) is 57.7 Å². The van der Waals surface area contributed by atoms with Crippen molar-refractivity contribution in [3.8, 4) is 29.5 Å². The zero-order valence-corrected chi connectivity index (χ0v) is 22.9. The van der Waals surface area contributed by atoms with Crippen LogP contribution in [-0.2, 0) is 0 Å². The van der Waals surface area contributed by atoms with Gasteiger partial charge in [0.15, 0.2) is 10.3 Å². The van der Waals surface area contributed by atoms with Crippen LogP contribution < -0.4 is 0 Å². The van der Waals surface area contributed by atoms with Gasteiger partial charge >= 0.3 is 0 Å². The van der Waals surface area contributed by atoms with E-state index >= 15 is 0 Å². The van der Waals surface area contributed by atoms with E-state index in [9.17, 15) is 8.78 Å². The van der Waals surface area contributed by atoms with E-state index in [2.05, 4.69) is 22.1 Å². The number of thiazole rings is 2. The summed E-state index contributed by atoms with van der Waals surface area (Å²) >= 11 is 12.4. The van der Waals surface area contributed by atoms with Gasteiger partial charge in [0, 0.05) is 33.9 Å². The first-order valence-corrected chi connectivity index (χ1v) is 16.3. The molecule has 8 aromatic rings. The van der Waals surface area contributed by atoms with Crippen LogP contribution in [0.2, 0.25) is 0 Å². The van der Waals surface area contributed by atoms with Crippen molar-refractivity contribution in [2.75, 3.05) is 0 Å². The highest BCUT2D eigenvalue weighted by atomic mass is 32.1. The molecule has 0 aromatic carbocycles. The van der Waals surface area contributed by atoms with Gasteiger partial charge in [-0.25, -0.2) is 9.97 Å². The minimum Gasteiger partial charge on any atom is -0.243 e.